The van der Waals surface area contributed by atoms with Gasteiger partial charge < -0.3 is 21.1 Å². The van der Waals surface area contributed by atoms with E-state index in [1.165, 1.54) is 24.3 Å². The smallest absolute Gasteiger partial charge is 0.251 e. The van der Waals surface area contributed by atoms with Crippen molar-refractivity contribution < 1.29 is 31.9 Å². The molecule has 0 bridgehead atoms. The van der Waals surface area contributed by atoms with Crippen LogP contribution in [0.15, 0.2) is 35.4 Å². The molecule has 1 amide bonds. The lowest BCUT2D eigenvalue weighted by molar-refractivity contribution is -0.123. The molecule has 5 N–H and O–H groups in total. The number of hydrogen-bond acceptors (Lipinski definition) is 5. The summed E-state index contributed by atoms with van der Waals surface area (Å²) in [6, 6.07) is 4.30. The normalized spacial score (nSPS) is 10.9. The first kappa shape index (κ1) is 29.0. The number of rotatable bonds is 11. The predicted molar refractivity (Wildman–Crippen MR) is 120 cm³/mol. The monoisotopic (exact) mass is 517 g/mol. The van der Waals surface area contributed by atoms with Crippen LogP contribution in [-0.2, 0) is 4.79 Å². The maximum Gasteiger partial charge on any atom is 0.251 e. The summed E-state index contributed by atoms with van der Waals surface area (Å²) in [6.45, 7) is -0.846. The van der Waals surface area contributed by atoms with Crippen molar-refractivity contribution in [2.45, 2.75) is 18.9 Å². The Labute approximate surface area is 202 Å². The Morgan fingerprint density at radius 1 is 1.17 bits per heavy atom. The minimum atomic E-state index is -1.81. The van der Waals surface area contributed by atoms with Crippen molar-refractivity contribution in [2.75, 3.05) is 13.2 Å². The second kappa shape index (κ2) is 13.6. The van der Waals surface area contributed by atoms with Crippen molar-refractivity contribution in [3.63, 3.8) is 0 Å². The van der Waals surface area contributed by atoms with Gasteiger partial charge in [0.15, 0.2) is 29.1 Å². The van der Waals surface area contributed by atoms with E-state index < -0.39 is 53.4 Å². The lowest BCUT2D eigenvalue weighted by Gasteiger charge is -2.19. The van der Waals surface area contributed by atoms with Crippen LogP contribution in [-0.4, -0.2) is 36.8 Å². The van der Waals surface area contributed by atoms with E-state index in [9.17, 15) is 27.2 Å². The van der Waals surface area contributed by atoms with E-state index in [1.54, 1.807) is 0 Å². The summed E-state index contributed by atoms with van der Waals surface area (Å²) in [7, 11) is 0. The summed E-state index contributed by atoms with van der Waals surface area (Å²) in [5.74, 6) is -10.4. The molecule has 0 fully saturated rings. The SMILES string of the molecule is Cl.[N-]=[N+]=Nc1cccc(C(=O)NC(CCCNC(=N)N)C(=O)COc2c(F)c(F)cc(F)c2F)c1. The van der Waals surface area contributed by atoms with E-state index in [1.807, 2.05) is 0 Å². The molecule has 0 aliphatic rings. The van der Waals surface area contributed by atoms with Crippen molar-refractivity contribution >= 4 is 35.7 Å². The zero-order valence-corrected chi connectivity index (χ0v) is 18.7. The number of Topliss-reactive ketones (excluding diaryl/α,β-unsaturated/α-hetero) is 1. The van der Waals surface area contributed by atoms with Gasteiger partial charge in [-0.1, -0.05) is 17.2 Å². The molecule has 0 aliphatic heterocycles. The van der Waals surface area contributed by atoms with Crippen molar-refractivity contribution in [3.8, 4) is 5.75 Å². The fourth-order valence-electron chi connectivity index (χ4n) is 2.77. The van der Waals surface area contributed by atoms with E-state index in [2.05, 4.69) is 20.7 Å². The van der Waals surface area contributed by atoms with Gasteiger partial charge >= 0.3 is 0 Å². The Morgan fingerprint density at radius 3 is 2.43 bits per heavy atom. The van der Waals surface area contributed by atoms with Gasteiger partial charge in [-0.3, -0.25) is 15.0 Å². The molecule has 10 nitrogen and oxygen atoms in total. The highest BCUT2D eigenvalue weighted by molar-refractivity contribution is 5.98. The number of ketones is 1. The highest BCUT2D eigenvalue weighted by Gasteiger charge is 2.25. The van der Waals surface area contributed by atoms with Crippen LogP contribution in [0.4, 0.5) is 23.2 Å². The Balaban J connectivity index is 0.00000612. The number of halogens is 5. The Bertz CT molecular complexity index is 1120. The quantitative estimate of drug-likeness (QED) is 0.0521. The van der Waals surface area contributed by atoms with Crippen molar-refractivity contribution in [1.82, 2.24) is 10.6 Å². The maximum atomic E-state index is 13.8. The average molecular weight is 518 g/mol. The Morgan fingerprint density at radius 2 is 1.83 bits per heavy atom. The van der Waals surface area contributed by atoms with Crippen LogP contribution in [0.25, 0.3) is 10.4 Å². The van der Waals surface area contributed by atoms with Crippen molar-refractivity contribution in [1.29, 1.82) is 5.41 Å². The van der Waals surface area contributed by atoms with Gasteiger partial charge in [-0.05, 0) is 30.5 Å². The molecule has 2 rings (SSSR count). The second-order valence-electron chi connectivity index (χ2n) is 6.80. The predicted octanol–water partition coefficient (Wildman–Crippen LogP) is 3.62. The fraction of sp³-hybridized carbons (Fsp3) is 0.250. The fourth-order valence-corrected chi connectivity index (χ4v) is 2.77. The first-order valence-electron chi connectivity index (χ1n) is 9.66. The summed E-state index contributed by atoms with van der Waals surface area (Å²) in [5.41, 5.74) is 13.9. The van der Waals surface area contributed by atoms with Crippen LogP contribution in [0, 0.1) is 28.7 Å². The molecule has 1 atom stereocenters. The summed E-state index contributed by atoms with van der Waals surface area (Å²) in [5, 5.41) is 15.4. The molecule has 0 heterocycles. The standard InChI is InChI=1S/C20H19F4N7O3.ClH/c21-12-8-13(22)17(24)18(16(12)23)34-9-15(32)14(5-2-6-28-20(25)26)29-19(33)10-3-1-4-11(7-10)30-31-27;/h1,3-4,7-8,14H,2,5-6,9H2,(H,29,33)(H4,25,26,28);1H. The molecule has 15 heteroatoms. The molecule has 0 spiro atoms. The van der Waals surface area contributed by atoms with Gasteiger partial charge in [0.25, 0.3) is 5.91 Å². The third-order valence-electron chi connectivity index (χ3n) is 4.38. The second-order valence-corrected chi connectivity index (χ2v) is 6.80. The van der Waals surface area contributed by atoms with Crippen LogP contribution in [0.5, 0.6) is 5.75 Å². The van der Waals surface area contributed by atoms with E-state index in [4.69, 9.17) is 21.4 Å². The van der Waals surface area contributed by atoms with Gasteiger partial charge in [0.1, 0.15) is 6.61 Å². The number of azide groups is 1. The number of benzene rings is 2. The first-order chi connectivity index (χ1) is 16.1. The zero-order valence-electron chi connectivity index (χ0n) is 17.9. The number of nitrogens with zero attached hydrogens (tertiary/aromatic N) is 3. The molecule has 0 saturated carbocycles. The first-order valence-corrected chi connectivity index (χ1v) is 9.66. The van der Waals surface area contributed by atoms with Crippen LogP contribution in [0.1, 0.15) is 23.2 Å². The highest BCUT2D eigenvalue weighted by Crippen LogP contribution is 2.26. The van der Waals surface area contributed by atoms with Crippen LogP contribution < -0.4 is 21.1 Å². The number of nitrogens with one attached hydrogen (secondary N) is 3. The minimum absolute atomic E-state index is 0. The average Bonchev–Trinajstić information content (AvgIpc) is 2.79. The van der Waals surface area contributed by atoms with Gasteiger partial charge in [0, 0.05) is 28.8 Å². The van der Waals surface area contributed by atoms with E-state index in [0.29, 0.717) is 0 Å². The third-order valence-corrected chi connectivity index (χ3v) is 4.38. The van der Waals surface area contributed by atoms with Crippen LogP contribution >= 0.6 is 12.4 Å². The number of carbonyl (C=O) groups is 2. The summed E-state index contributed by atoms with van der Waals surface area (Å²) in [6.07, 6.45) is 0.221. The largest absolute Gasteiger partial charge is 0.479 e. The topological polar surface area (TPSA) is 166 Å². The maximum absolute atomic E-state index is 13.8. The molecular weight excluding hydrogens is 498 g/mol. The number of guanidine groups is 1. The van der Waals surface area contributed by atoms with Crippen LogP contribution in [0.2, 0.25) is 0 Å². The van der Waals surface area contributed by atoms with Gasteiger partial charge in [-0.25, -0.2) is 8.78 Å². The molecule has 0 radical (unpaired) electrons. The van der Waals surface area contributed by atoms with E-state index >= 15 is 0 Å². The highest BCUT2D eigenvalue weighted by atomic mass is 35.5. The number of carbonyl (C=O) groups excluding carboxylic acids is 2. The van der Waals surface area contributed by atoms with Crippen molar-refractivity contribution in [2.24, 2.45) is 10.8 Å². The molecule has 35 heavy (non-hydrogen) atoms. The molecule has 188 valence electrons. The van der Waals surface area contributed by atoms with Gasteiger partial charge in [-0.15, -0.1) is 12.4 Å². The number of hydrogen-bond donors (Lipinski definition) is 4. The lowest BCUT2D eigenvalue weighted by Crippen LogP contribution is -2.43. The Hall–Kier alpha value is -4.03. The zero-order chi connectivity index (χ0) is 25.3. The molecule has 0 aliphatic carbocycles. The molecule has 2 aromatic rings. The van der Waals surface area contributed by atoms with Gasteiger partial charge in [-0.2, -0.15) is 8.78 Å². The van der Waals surface area contributed by atoms with Gasteiger partial charge in [0.05, 0.1) is 6.04 Å². The summed E-state index contributed by atoms with van der Waals surface area (Å²) in [4.78, 5) is 27.9. The van der Waals surface area contributed by atoms with Crippen LogP contribution in [0.3, 0.4) is 0 Å². The van der Waals surface area contributed by atoms with E-state index in [-0.39, 0.29) is 55.1 Å². The van der Waals surface area contributed by atoms with Gasteiger partial charge in [0.2, 0.25) is 11.6 Å². The lowest BCUT2D eigenvalue weighted by atomic mass is 10.1. The van der Waals surface area contributed by atoms with E-state index in [0.717, 1.165) is 0 Å². The summed E-state index contributed by atoms with van der Waals surface area (Å²) < 4.78 is 59.0. The molecule has 0 aromatic heterocycles. The molecular formula is C20H20ClF4N7O3. The molecule has 1 unspecified atom stereocenters. The summed E-state index contributed by atoms with van der Waals surface area (Å²) >= 11 is 0. The minimum Gasteiger partial charge on any atom is -0.479 e. The third kappa shape index (κ3) is 8.36. The van der Waals surface area contributed by atoms with Crippen molar-refractivity contribution in [3.05, 3.63) is 69.6 Å². The number of nitrogens with two attached hydrogens (primary N) is 1. The number of ether oxygens (including phenoxy) is 1. The molecule has 2 aromatic carbocycles. The Kier molecular flexibility index (Phi) is 11.3. The number of amides is 1. The molecule has 0 saturated heterocycles.